The van der Waals surface area contributed by atoms with Crippen molar-refractivity contribution in [1.29, 1.82) is 0 Å². The van der Waals surface area contributed by atoms with Gasteiger partial charge in [0.1, 0.15) is 11.2 Å². The lowest BCUT2D eigenvalue weighted by Gasteiger charge is -2.15. The minimum atomic E-state index is 0.483. The van der Waals surface area contributed by atoms with Crippen molar-refractivity contribution in [2.45, 2.75) is 19.3 Å². The first-order valence-electron chi connectivity index (χ1n) is 7.07. The van der Waals surface area contributed by atoms with Crippen LogP contribution >= 0.6 is 0 Å². The molecule has 0 spiro atoms. The second kappa shape index (κ2) is 4.38. The minimum absolute atomic E-state index is 0.483. The summed E-state index contributed by atoms with van der Waals surface area (Å²) in [6, 6.07) is 14.8. The monoisotopic (exact) mass is 260 g/mol. The minimum Gasteiger partial charge on any atom is -0.456 e. The quantitative estimate of drug-likeness (QED) is 0.557. The van der Waals surface area contributed by atoms with E-state index in [2.05, 4.69) is 55.5 Å². The molecule has 98 valence electrons. The average molecular weight is 260 g/mol. The first-order valence-corrected chi connectivity index (χ1v) is 7.07. The predicted molar refractivity (Wildman–Crippen MR) is 84.0 cm³/mol. The number of benzene rings is 2. The van der Waals surface area contributed by atoms with Gasteiger partial charge in [-0.15, -0.1) is 0 Å². The van der Waals surface area contributed by atoms with Crippen LogP contribution in [0.2, 0.25) is 0 Å². The van der Waals surface area contributed by atoms with Gasteiger partial charge in [-0.2, -0.15) is 0 Å². The zero-order valence-corrected chi connectivity index (χ0v) is 11.5. The standard InChI is InChI=1S/C19H16O/c1-13-6-8-14(9-7-13)15-10-11-19-17(12-15)16-4-2-3-5-18(16)20-19/h2-8,10-12,14H,9H2,1H3. The summed E-state index contributed by atoms with van der Waals surface area (Å²) in [6.07, 6.45) is 7.91. The van der Waals surface area contributed by atoms with E-state index in [1.54, 1.807) is 0 Å². The lowest BCUT2D eigenvalue weighted by molar-refractivity contribution is 0.668. The molecule has 20 heavy (non-hydrogen) atoms. The summed E-state index contributed by atoms with van der Waals surface area (Å²) in [5.74, 6) is 0.483. The van der Waals surface area contributed by atoms with E-state index < -0.39 is 0 Å². The summed E-state index contributed by atoms with van der Waals surface area (Å²) < 4.78 is 5.88. The van der Waals surface area contributed by atoms with E-state index in [1.165, 1.54) is 21.9 Å². The largest absolute Gasteiger partial charge is 0.456 e. The van der Waals surface area contributed by atoms with Gasteiger partial charge >= 0.3 is 0 Å². The van der Waals surface area contributed by atoms with Crippen molar-refractivity contribution in [2.24, 2.45) is 0 Å². The summed E-state index contributed by atoms with van der Waals surface area (Å²) in [4.78, 5) is 0. The highest BCUT2D eigenvalue weighted by Gasteiger charge is 2.13. The van der Waals surface area contributed by atoms with Crippen molar-refractivity contribution < 1.29 is 4.42 Å². The van der Waals surface area contributed by atoms with Gasteiger partial charge in [0, 0.05) is 16.7 Å². The molecule has 1 aromatic heterocycles. The molecule has 1 unspecified atom stereocenters. The maximum Gasteiger partial charge on any atom is 0.135 e. The molecule has 0 saturated heterocycles. The molecule has 3 aromatic rings. The van der Waals surface area contributed by atoms with E-state index in [1.807, 2.05) is 12.1 Å². The van der Waals surface area contributed by atoms with Gasteiger partial charge in [0.15, 0.2) is 0 Å². The maximum absolute atomic E-state index is 5.88. The molecule has 1 aliphatic carbocycles. The molecule has 4 rings (SSSR count). The Morgan fingerprint density at radius 1 is 1.00 bits per heavy atom. The summed E-state index contributed by atoms with van der Waals surface area (Å²) >= 11 is 0. The Labute approximate surface area is 118 Å². The molecule has 0 amide bonds. The van der Waals surface area contributed by atoms with E-state index in [0.29, 0.717) is 5.92 Å². The highest BCUT2D eigenvalue weighted by Crippen LogP contribution is 2.33. The second-order valence-electron chi connectivity index (χ2n) is 5.50. The van der Waals surface area contributed by atoms with Crippen LogP contribution in [0.5, 0.6) is 0 Å². The van der Waals surface area contributed by atoms with Crippen LogP contribution in [0.15, 0.2) is 70.7 Å². The lowest BCUT2D eigenvalue weighted by atomic mass is 9.90. The molecule has 0 bridgehead atoms. The molecule has 1 nitrogen and oxygen atoms in total. The summed E-state index contributed by atoms with van der Waals surface area (Å²) in [6.45, 7) is 2.15. The Morgan fingerprint density at radius 2 is 1.85 bits per heavy atom. The van der Waals surface area contributed by atoms with Crippen LogP contribution in [0.25, 0.3) is 21.9 Å². The van der Waals surface area contributed by atoms with E-state index in [0.717, 1.165) is 17.6 Å². The first-order chi connectivity index (χ1) is 9.81. The molecule has 1 atom stereocenters. The fraction of sp³-hybridized carbons (Fsp3) is 0.158. The Balaban J connectivity index is 1.86. The van der Waals surface area contributed by atoms with Gasteiger partial charge in [-0.3, -0.25) is 0 Å². The highest BCUT2D eigenvalue weighted by molar-refractivity contribution is 6.05. The Bertz CT molecular complexity index is 848. The summed E-state index contributed by atoms with van der Waals surface area (Å²) in [5.41, 5.74) is 4.66. The number of hydrogen-bond donors (Lipinski definition) is 0. The van der Waals surface area contributed by atoms with Crippen LogP contribution in [-0.2, 0) is 0 Å². The third kappa shape index (κ3) is 1.78. The van der Waals surface area contributed by atoms with Crippen molar-refractivity contribution >= 4 is 21.9 Å². The van der Waals surface area contributed by atoms with Crippen molar-refractivity contribution in [1.82, 2.24) is 0 Å². The molecular weight excluding hydrogens is 244 g/mol. The van der Waals surface area contributed by atoms with Crippen molar-refractivity contribution in [3.8, 4) is 0 Å². The van der Waals surface area contributed by atoms with Crippen LogP contribution in [0.1, 0.15) is 24.8 Å². The first kappa shape index (κ1) is 11.5. The van der Waals surface area contributed by atoms with Crippen molar-refractivity contribution in [3.05, 3.63) is 71.8 Å². The number of rotatable bonds is 1. The van der Waals surface area contributed by atoms with Crippen LogP contribution in [0.4, 0.5) is 0 Å². The van der Waals surface area contributed by atoms with E-state index in [9.17, 15) is 0 Å². The molecular formula is C19H16O. The molecule has 1 heteroatoms. The number of fused-ring (bicyclic) bond motifs is 3. The molecule has 0 aliphatic heterocycles. The zero-order valence-electron chi connectivity index (χ0n) is 11.5. The third-order valence-corrected chi connectivity index (χ3v) is 4.11. The SMILES string of the molecule is CC1=CCC(c2ccc3oc4ccccc4c3c2)C=C1. The fourth-order valence-electron chi connectivity index (χ4n) is 2.95. The van der Waals surface area contributed by atoms with Gasteiger partial charge in [0.25, 0.3) is 0 Å². The Hall–Kier alpha value is -2.28. The number of allylic oxidation sites excluding steroid dienone is 4. The highest BCUT2D eigenvalue weighted by atomic mass is 16.3. The molecule has 0 radical (unpaired) electrons. The molecule has 1 heterocycles. The third-order valence-electron chi connectivity index (χ3n) is 4.11. The van der Waals surface area contributed by atoms with Gasteiger partial charge in [-0.25, -0.2) is 0 Å². The molecule has 1 aliphatic rings. The van der Waals surface area contributed by atoms with Gasteiger partial charge in [-0.1, -0.05) is 48.1 Å². The Kier molecular flexibility index (Phi) is 2.53. The van der Waals surface area contributed by atoms with Crippen molar-refractivity contribution in [3.63, 3.8) is 0 Å². The van der Waals surface area contributed by atoms with Gasteiger partial charge < -0.3 is 4.42 Å². The average Bonchev–Trinajstić information content (AvgIpc) is 2.86. The van der Waals surface area contributed by atoms with Crippen molar-refractivity contribution in [2.75, 3.05) is 0 Å². The van der Waals surface area contributed by atoms with Crippen LogP contribution in [0.3, 0.4) is 0 Å². The second-order valence-corrected chi connectivity index (χ2v) is 5.50. The molecule has 0 fully saturated rings. The smallest absolute Gasteiger partial charge is 0.135 e. The van der Waals surface area contributed by atoms with Crippen LogP contribution < -0.4 is 0 Å². The topological polar surface area (TPSA) is 13.1 Å². The maximum atomic E-state index is 5.88. The van der Waals surface area contributed by atoms with Gasteiger partial charge in [0.2, 0.25) is 0 Å². The summed E-state index contributed by atoms with van der Waals surface area (Å²) in [5, 5.41) is 2.42. The van der Waals surface area contributed by atoms with E-state index in [-0.39, 0.29) is 0 Å². The molecule has 2 aromatic carbocycles. The predicted octanol–water partition coefficient (Wildman–Crippen LogP) is 5.58. The zero-order chi connectivity index (χ0) is 13.5. The van der Waals surface area contributed by atoms with Gasteiger partial charge in [0.05, 0.1) is 0 Å². The van der Waals surface area contributed by atoms with Crippen LogP contribution in [-0.4, -0.2) is 0 Å². The normalized spacial score (nSPS) is 18.6. The van der Waals surface area contributed by atoms with E-state index >= 15 is 0 Å². The fourth-order valence-corrected chi connectivity index (χ4v) is 2.95. The number of furan rings is 1. The molecule has 0 saturated carbocycles. The van der Waals surface area contributed by atoms with Crippen LogP contribution in [0, 0.1) is 0 Å². The molecule has 0 N–H and O–H groups in total. The summed E-state index contributed by atoms with van der Waals surface area (Å²) in [7, 11) is 0. The van der Waals surface area contributed by atoms with Gasteiger partial charge in [-0.05, 0) is 37.1 Å². The Morgan fingerprint density at radius 3 is 2.70 bits per heavy atom. The number of para-hydroxylation sites is 1. The number of hydrogen-bond acceptors (Lipinski definition) is 1. The lowest BCUT2D eigenvalue weighted by Crippen LogP contribution is -1.97. The van der Waals surface area contributed by atoms with E-state index in [4.69, 9.17) is 4.42 Å².